The quantitative estimate of drug-likeness (QED) is 0.594. The summed E-state index contributed by atoms with van der Waals surface area (Å²) in [4.78, 5) is 15.4. The molecule has 10 nitrogen and oxygen atoms in total. The molecular weight excluding hydrogens is 220 g/mol. The predicted molar refractivity (Wildman–Crippen MR) is 48.8 cm³/mol. The van der Waals surface area contributed by atoms with Crippen molar-refractivity contribution in [2.24, 2.45) is 15.4 Å². The summed E-state index contributed by atoms with van der Waals surface area (Å²) in [6.07, 6.45) is 0. The van der Waals surface area contributed by atoms with Gasteiger partial charge < -0.3 is 9.84 Å². The molecule has 2 heterocycles. The molecule has 16 heavy (non-hydrogen) atoms. The number of oxime groups is 1. The van der Waals surface area contributed by atoms with Crippen LogP contribution in [0.3, 0.4) is 0 Å². The van der Waals surface area contributed by atoms with Crippen LogP contribution in [0.4, 0.5) is 0 Å². The number of nitrogens with zero attached hydrogens (tertiary/aromatic N) is 6. The summed E-state index contributed by atoms with van der Waals surface area (Å²) >= 11 is 0. The van der Waals surface area contributed by atoms with E-state index in [-0.39, 0.29) is 32.6 Å². The molecule has 1 aromatic heterocycles. The van der Waals surface area contributed by atoms with Crippen LogP contribution in [-0.2, 0) is 4.94 Å². The first-order valence-electron chi connectivity index (χ1n) is 4.14. The van der Waals surface area contributed by atoms with E-state index in [0.29, 0.717) is 0 Å². The van der Waals surface area contributed by atoms with Crippen LogP contribution < -0.4 is 5.49 Å². The molecule has 1 aliphatic heterocycles. The average Bonchev–Trinajstić information content (AvgIpc) is 2.72. The largest absolute Gasteiger partial charge is 0.459 e. The molecule has 0 unspecified atom stereocenters. The lowest BCUT2D eigenvalue weighted by atomic mass is 10.4. The zero-order valence-corrected chi connectivity index (χ0v) is 8.32. The molecule has 0 radical (unpaired) electrons. The number of hydrogen-bond acceptors (Lipinski definition) is 8. The van der Waals surface area contributed by atoms with Crippen LogP contribution in [0.2, 0.25) is 0 Å². The summed E-state index contributed by atoms with van der Waals surface area (Å²) in [6, 6.07) is 0. The fourth-order valence-corrected chi connectivity index (χ4v) is 0.932. The minimum atomic E-state index is -0.138. The molecule has 0 saturated heterocycles. The van der Waals surface area contributed by atoms with E-state index in [1.807, 2.05) is 0 Å². The van der Waals surface area contributed by atoms with Crippen LogP contribution in [-0.4, -0.2) is 26.5 Å². The van der Waals surface area contributed by atoms with Crippen LogP contribution in [0.1, 0.15) is 12.6 Å². The van der Waals surface area contributed by atoms with Crippen LogP contribution in [0.15, 0.2) is 20.0 Å². The van der Waals surface area contributed by atoms with Gasteiger partial charge in [-0.05, 0) is 11.8 Å². The van der Waals surface area contributed by atoms with E-state index in [1.165, 1.54) is 13.8 Å². The first kappa shape index (κ1) is 10.0. The molecule has 1 aromatic rings. The molecule has 0 aromatic carbocycles. The Hall–Kier alpha value is -2.52. The van der Waals surface area contributed by atoms with Gasteiger partial charge in [-0.2, -0.15) is 10.1 Å². The Labute approximate surface area is 87.6 Å². The Kier molecular flexibility index (Phi) is 2.23. The van der Waals surface area contributed by atoms with Crippen molar-refractivity contribution in [3.8, 4) is 0 Å². The Bertz CT molecular complexity index is 541. The van der Waals surface area contributed by atoms with Gasteiger partial charge in [-0.3, -0.25) is 0 Å². The third kappa shape index (κ3) is 1.55. The van der Waals surface area contributed by atoms with Crippen molar-refractivity contribution in [2.75, 3.05) is 0 Å². The number of rotatable bonds is 1. The third-order valence-electron chi connectivity index (χ3n) is 1.74. The Morgan fingerprint density at radius 3 is 2.69 bits per heavy atom. The number of amidine groups is 1. The summed E-state index contributed by atoms with van der Waals surface area (Å²) in [7, 11) is 0. The number of aromatic nitrogens is 2. The fourth-order valence-electron chi connectivity index (χ4n) is 0.932. The highest BCUT2D eigenvalue weighted by Crippen LogP contribution is 1.99. The Morgan fingerprint density at radius 2 is 2.19 bits per heavy atom. The average molecular weight is 226 g/mol. The molecule has 0 saturated carbocycles. The van der Waals surface area contributed by atoms with Crippen molar-refractivity contribution in [1.82, 2.24) is 10.1 Å². The second kappa shape index (κ2) is 3.56. The summed E-state index contributed by atoms with van der Waals surface area (Å²) < 4.78 is 4.26. The molecule has 0 amide bonds. The van der Waals surface area contributed by atoms with E-state index in [4.69, 9.17) is 0 Å². The molecule has 10 heteroatoms. The van der Waals surface area contributed by atoms with Crippen molar-refractivity contribution >= 4 is 11.5 Å². The zero-order valence-electron chi connectivity index (χ0n) is 8.32. The first-order valence-corrected chi connectivity index (χ1v) is 4.14. The van der Waals surface area contributed by atoms with Crippen molar-refractivity contribution in [1.29, 1.82) is 0 Å². The van der Waals surface area contributed by atoms with Crippen LogP contribution >= 0.6 is 0 Å². The standard InChI is InChI=1S/C6H6N6O4/c1-3-5(11(13)15-9-3)7-8-6-4(2)10-16-12(6)14/h1-2H3. The smallest absolute Gasteiger partial charge is 0.412 e. The summed E-state index contributed by atoms with van der Waals surface area (Å²) in [5.74, 6) is -0.138. The van der Waals surface area contributed by atoms with Gasteiger partial charge in [0.15, 0.2) is 4.92 Å². The van der Waals surface area contributed by atoms with Crippen LogP contribution in [0.5, 0.6) is 0 Å². The van der Waals surface area contributed by atoms with Gasteiger partial charge >= 0.3 is 5.84 Å². The lowest BCUT2D eigenvalue weighted by molar-refractivity contribution is -0.716. The third-order valence-corrected chi connectivity index (χ3v) is 1.74. The van der Waals surface area contributed by atoms with Gasteiger partial charge in [0.05, 0.1) is 5.16 Å². The van der Waals surface area contributed by atoms with Gasteiger partial charge in [0.1, 0.15) is 5.69 Å². The van der Waals surface area contributed by atoms with E-state index in [2.05, 4.69) is 30.1 Å². The zero-order chi connectivity index (χ0) is 11.7. The van der Waals surface area contributed by atoms with Crippen LogP contribution in [0.25, 0.3) is 0 Å². The van der Waals surface area contributed by atoms with Gasteiger partial charge in [-0.1, -0.05) is 10.0 Å². The van der Waals surface area contributed by atoms with Gasteiger partial charge in [0, 0.05) is 12.0 Å². The minimum Gasteiger partial charge on any atom is -0.459 e. The van der Waals surface area contributed by atoms with E-state index >= 15 is 0 Å². The van der Waals surface area contributed by atoms with Crippen LogP contribution in [0, 0.1) is 17.0 Å². The second-order valence-corrected chi connectivity index (χ2v) is 2.88. The molecule has 0 aliphatic carbocycles. The molecule has 0 spiro atoms. The molecule has 0 atom stereocenters. The van der Waals surface area contributed by atoms with E-state index in [9.17, 15) is 10.1 Å². The lowest BCUT2D eigenvalue weighted by Crippen LogP contribution is -2.18. The molecular formula is C6H6N6O4. The highest BCUT2D eigenvalue weighted by molar-refractivity contribution is 6.37. The Balaban J connectivity index is 2.44. The minimum absolute atomic E-state index is 0.0802. The molecule has 84 valence electrons. The van der Waals surface area contributed by atoms with Crippen molar-refractivity contribution in [2.45, 2.75) is 13.8 Å². The summed E-state index contributed by atoms with van der Waals surface area (Å²) in [5.41, 5.74) is 0.371. The highest BCUT2D eigenvalue weighted by atomic mass is 16.9. The van der Waals surface area contributed by atoms with E-state index in [0.717, 1.165) is 0 Å². The fraction of sp³-hybridized carbons (Fsp3) is 0.333. The van der Waals surface area contributed by atoms with Crippen molar-refractivity contribution in [3.05, 3.63) is 21.3 Å². The SMILES string of the molecule is CC1=NO[N+](=O)C1=NN=c1c(C)non1[O-]. The van der Waals surface area contributed by atoms with E-state index < -0.39 is 0 Å². The number of hydrogen-bond donors (Lipinski definition) is 0. The van der Waals surface area contributed by atoms with Crippen molar-refractivity contribution < 1.29 is 14.5 Å². The maximum Gasteiger partial charge on any atom is 0.412 e. The van der Waals surface area contributed by atoms with Gasteiger partial charge in [-0.15, -0.1) is 0 Å². The monoisotopic (exact) mass is 226 g/mol. The second-order valence-electron chi connectivity index (χ2n) is 2.88. The maximum absolute atomic E-state index is 11.0. The molecule has 1 aliphatic rings. The van der Waals surface area contributed by atoms with E-state index in [1.54, 1.807) is 0 Å². The first-order chi connectivity index (χ1) is 7.59. The number of aryl methyl sites for hydroxylation is 1. The lowest BCUT2D eigenvalue weighted by Gasteiger charge is -1.90. The summed E-state index contributed by atoms with van der Waals surface area (Å²) in [6.45, 7) is 3.02. The molecule has 0 N–H and O–H groups in total. The van der Waals surface area contributed by atoms with Gasteiger partial charge in [-0.25, -0.2) is 0 Å². The molecule has 2 rings (SSSR count). The molecule has 0 fully saturated rings. The molecule has 0 bridgehead atoms. The topological polar surface area (TPSA) is 120 Å². The Morgan fingerprint density at radius 1 is 1.44 bits per heavy atom. The van der Waals surface area contributed by atoms with Gasteiger partial charge in [0.2, 0.25) is 11.2 Å². The summed E-state index contributed by atoms with van der Waals surface area (Å²) in [5, 5.41) is 24.8. The van der Waals surface area contributed by atoms with Gasteiger partial charge in [0.25, 0.3) is 0 Å². The maximum atomic E-state index is 11.0. The van der Waals surface area contributed by atoms with Crippen molar-refractivity contribution in [3.63, 3.8) is 0 Å². The predicted octanol–water partition coefficient (Wildman–Crippen LogP) is -0.555. The normalized spacial score (nSPS) is 19.1. The highest BCUT2D eigenvalue weighted by Gasteiger charge is 2.32.